The van der Waals surface area contributed by atoms with Gasteiger partial charge in [-0.25, -0.2) is 9.59 Å². The number of carbonyl (C=O) groups is 2. The Balaban J connectivity index is 2.52. The summed E-state index contributed by atoms with van der Waals surface area (Å²) in [4.78, 5) is 22.7. The Labute approximate surface area is 129 Å². The van der Waals surface area contributed by atoms with E-state index in [0.29, 0.717) is 3.57 Å². The second-order valence-electron chi connectivity index (χ2n) is 3.90. The highest BCUT2D eigenvalue weighted by molar-refractivity contribution is 14.1. The van der Waals surface area contributed by atoms with Crippen LogP contribution in [0.25, 0.3) is 0 Å². The lowest BCUT2D eigenvalue weighted by molar-refractivity contribution is -0.169. The molecule has 20 heavy (non-hydrogen) atoms. The highest BCUT2D eigenvalue weighted by Crippen LogP contribution is 2.20. The predicted octanol–water partition coefficient (Wildman–Crippen LogP) is 1.59. The van der Waals surface area contributed by atoms with Crippen molar-refractivity contribution in [2.75, 3.05) is 6.61 Å². The molecule has 0 fully saturated rings. The molecule has 0 aliphatic heterocycles. The number of phenolic OH excluding ortho intramolecular Hbond substituents is 1. The van der Waals surface area contributed by atoms with Crippen molar-refractivity contribution < 1.29 is 29.3 Å². The number of aliphatic hydroxyl groups is 1. The van der Waals surface area contributed by atoms with Crippen LogP contribution in [-0.2, 0) is 14.3 Å². The maximum absolute atomic E-state index is 11.6. The average Bonchev–Trinajstić information content (AvgIpc) is 2.39. The summed E-state index contributed by atoms with van der Waals surface area (Å²) in [6.45, 7) is 4.26. The highest BCUT2D eigenvalue weighted by Gasteiger charge is 2.15. The zero-order valence-corrected chi connectivity index (χ0v) is 12.8. The molecule has 0 bridgehead atoms. The molecule has 0 aliphatic carbocycles. The van der Waals surface area contributed by atoms with Gasteiger partial charge < -0.3 is 19.7 Å². The van der Waals surface area contributed by atoms with Gasteiger partial charge in [0.25, 0.3) is 0 Å². The first-order chi connectivity index (χ1) is 9.31. The molecule has 0 aromatic heterocycles. The van der Waals surface area contributed by atoms with Crippen LogP contribution in [0.1, 0.15) is 17.3 Å². The molecule has 6 nitrogen and oxygen atoms in total. The largest absolute Gasteiger partial charge is 0.507 e. The molecule has 2 N–H and O–H groups in total. The Morgan fingerprint density at radius 2 is 2.10 bits per heavy atom. The van der Waals surface area contributed by atoms with E-state index in [9.17, 15) is 19.8 Å². The SMILES string of the molecule is C=C(C)C(=O)OC(O)COC(=O)c1ccc(I)c(O)c1. The Kier molecular flexibility index (Phi) is 5.96. The minimum Gasteiger partial charge on any atom is -0.507 e. The molecule has 1 unspecified atom stereocenters. The van der Waals surface area contributed by atoms with Gasteiger partial charge in [-0.2, -0.15) is 0 Å². The number of aromatic hydroxyl groups is 1. The number of hydrogen-bond acceptors (Lipinski definition) is 6. The van der Waals surface area contributed by atoms with Crippen LogP contribution >= 0.6 is 22.6 Å². The van der Waals surface area contributed by atoms with E-state index in [2.05, 4.69) is 11.3 Å². The van der Waals surface area contributed by atoms with Crippen LogP contribution in [-0.4, -0.2) is 35.0 Å². The second-order valence-corrected chi connectivity index (χ2v) is 5.07. The molecule has 0 radical (unpaired) electrons. The smallest absolute Gasteiger partial charge is 0.338 e. The minimum atomic E-state index is -1.57. The standard InChI is InChI=1S/C13H13IO6/c1-7(2)12(17)20-11(16)6-19-13(18)8-3-4-9(14)10(15)5-8/h3-5,11,15-16H,1,6H2,2H3. The van der Waals surface area contributed by atoms with E-state index in [1.807, 2.05) is 22.6 Å². The minimum absolute atomic E-state index is 0.0469. The summed E-state index contributed by atoms with van der Waals surface area (Å²) in [5, 5.41) is 18.8. The fraction of sp³-hybridized carbons (Fsp3) is 0.231. The topological polar surface area (TPSA) is 93.1 Å². The summed E-state index contributed by atoms with van der Waals surface area (Å²) in [6, 6.07) is 4.26. The highest BCUT2D eigenvalue weighted by atomic mass is 127. The van der Waals surface area contributed by atoms with E-state index >= 15 is 0 Å². The van der Waals surface area contributed by atoms with E-state index < -0.39 is 24.8 Å². The van der Waals surface area contributed by atoms with E-state index in [-0.39, 0.29) is 16.9 Å². The fourth-order valence-corrected chi connectivity index (χ4v) is 1.46. The van der Waals surface area contributed by atoms with Gasteiger partial charge in [0, 0.05) is 5.57 Å². The number of halogens is 1. The Bertz CT molecular complexity index is 540. The number of hydrogen-bond donors (Lipinski definition) is 2. The van der Waals surface area contributed by atoms with Gasteiger partial charge in [-0.15, -0.1) is 0 Å². The van der Waals surface area contributed by atoms with Crippen LogP contribution in [0.3, 0.4) is 0 Å². The molecule has 108 valence electrons. The molecule has 7 heteroatoms. The molecule has 0 aliphatic rings. The first-order valence-electron chi connectivity index (χ1n) is 5.51. The summed E-state index contributed by atoms with van der Waals surface area (Å²) in [5.41, 5.74) is 0.249. The Morgan fingerprint density at radius 3 is 2.65 bits per heavy atom. The number of phenols is 1. The van der Waals surface area contributed by atoms with Gasteiger partial charge in [-0.1, -0.05) is 6.58 Å². The maximum atomic E-state index is 11.6. The quantitative estimate of drug-likeness (QED) is 0.342. The van der Waals surface area contributed by atoms with Gasteiger partial charge >= 0.3 is 11.9 Å². The molecule has 1 rings (SSSR count). The molecule has 1 aromatic carbocycles. The van der Waals surface area contributed by atoms with Gasteiger partial charge in [-0.3, -0.25) is 0 Å². The summed E-state index contributed by atoms with van der Waals surface area (Å²) >= 11 is 1.91. The van der Waals surface area contributed by atoms with Crippen molar-refractivity contribution in [2.45, 2.75) is 13.2 Å². The lowest BCUT2D eigenvalue weighted by atomic mass is 10.2. The number of aliphatic hydroxyl groups excluding tert-OH is 1. The van der Waals surface area contributed by atoms with Crippen molar-refractivity contribution in [1.29, 1.82) is 0 Å². The normalized spacial score (nSPS) is 11.6. The predicted molar refractivity (Wildman–Crippen MR) is 78.0 cm³/mol. The molecule has 0 heterocycles. The van der Waals surface area contributed by atoms with Crippen LogP contribution in [0, 0.1) is 3.57 Å². The molecule has 1 atom stereocenters. The number of ether oxygens (including phenoxy) is 2. The number of esters is 2. The zero-order valence-electron chi connectivity index (χ0n) is 10.6. The monoisotopic (exact) mass is 392 g/mol. The fourth-order valence-electron chi connectivity index (χ4n) is 1.13. The summed E-state index contributed by atoms with van der Waals surface area (Å²) in [7, 11) is 0. The van der Waals surface area contributed by atoms with Gasteiger partial charge in [0.1, 0.15) is 5.75 Å². The third-order valence-electron chi connectivity index (χ3n) is 2.13. The maximum Gasteiger partial charge on any atom is 0.338 e. The molecule has 0 saturated heterocycles. The van der Waals surface area contributed by atoms with Crippen molar-refractivity contribution in [2.24, 2.45) is 0 Å². The average molecular weight is 392 g/mol. The molecule has 0 amide bonds. The molecular formula is C13H13IO6. The van der Waals surface area contributed by atoms with Crippen LogP contribution in [0.5, 0.6) is 5.75 Å². The van der Waals surface area contributed by atoms with E-state index in [4.69, 9.17) is 4.74 Å². The van der Waals surface area contributed by atoms with Crippen molar-refractivity contribution in [3.05, 3.63) is 39.5 Å². The van der Waals surface area contributed by atoms with E-state index in [1.54, 1.807) is 6.07 Å². The van der Waals surface area contributed by atoms with E-state index in [0.717, 1.165) is 0 Å². The van der Waals surface area contributed by atoms with Crippen molar-refractivity contribution >= 4 is 34.5 Å². The van der Waals surface area contributed by atoms with Crippen molar-refractivity contribution in [3.63, 3.8) is 0 Å². The summed E-state index contributed by atoms with van der Waals surface area (Å²) in [5.74, 6) is -1.57. The lowest BCUT2D eigenvalue weighted by Gasteiger charge is -2.12. The molecule has 1 aromatic rings. The van der Waals surface area contributed by atoms with Gasteiger partial charge in [0.15, 0.2) is 6.61 Å². The first kappa shape index (κ1) is 16.4. The molecular weight excluding hydrogens is 379 g/mol. The third kappa shape index (κ3) is 4.82. The molecule has 0 saturated carbocycles. The van der Waals surface area contributed by atoms with Crippen molar-refractivity contribution in [1.82, 2.24) is 0 Å². The molecule has 0 spiro atoms. The lowest BCUT2D eigenvalue weighted by Crippen LogP contribution is -2.25. The summed E-state index contributed by atoms with van der Waals surface area (Å²) < 4.78 is 9.88. The number of rotatable bonds is 5. The third-order valence-corrected chi connectivity index (χ3v) is 3.04. The van der Waals surface area contributed by atoms with Crippen LogP contribution < -0.4 is 0 Å². The van der Waals surface area contributed by atoms with Gasteiger partial charge in [0.2, 0.25) is 6.29 Å². The first-order valence-corrected chi connectivity index (χ1v) is 6.59. The Hall–Kier alpha value is -1.61. The Morgan fingerprint density at radius 1 is 1.45 bits per heavy atom. The van der Waals surface area contributed by atoms with E-state index in [1.165, 1.54) is 19.1 Å². The van der Waals surface area contributed by atoms with Crippen LogP contribution in [0.2, 0.25) is 0 Å². The van der Waals surface area contributed by atoms with Crippen LogP contribution in [0.4, 0.5) is 0 Å². The number of benzene rings is 1. The van der Waals surface area contributed by atoms with Gasteiger partial charge in [0.05, 0.1) is 9.13 Å². The second kappa shape index (κ2) is 7.25. The number of carbonyl (C=O) groups excluding carboxylic acids is 2. The summed E-state index contributed by atoms with van der Waals surface area (Å²) in [6.07, 6.45) is -1.57. The van der Waals surface area contributed by atoms with Gasteiger partial charge in [-0.05, 0) is 47.7 Å². The van der Waals surface area contributed by atoms with Crippen molar-refractivity contribution in [3.8, 4) is 5.75 Å². The van der Waals surface area contributed by atoms with Crippen LogP contribution in [0.15, 0.2) is 30.4 Å². The zero-order chi connectivity index (χ0) is 15.3.